The van der Waals surface area contributed by atoms with Gasteiger partial charge in [-0.05, 0) is 35.6 Å². The van der Waals surface area contributed by atoms with E-state index in [2.05, 4.69) is 28.4 Å². The topological polar surface area (TPSA) is 75.5 Å². The van der Waals surface area contributed by atoms with Crippen molar-refractivity contribution in [3.05, 3.63) is 92.2 Å². The second-order valence-electron chi connectivity index (χ2n) is 6.59. The molecule has 0 saturated heterocycles. The number of carbonyl (C=O) groups is 1. The summed E-state index contributed by atoms with van der Waals surface area (Å²) < 4.78 is 0. The van der Waals surface area contributed by atoms with Crippen LogP contribution in [0.3, 0.4) is 0 Å². The fraction of sp³-hybridized carbons (Fsp3) is 0.190. The van der Waals surface area contributed by atoms with Gasteiger partial charge in [0.25, 0.3) is 11.6 Å². The van der Waals surface area contributed by atoms with Gasteiger partial charge in [-0.25, -0.2) is 0 Å². The van der Waals surface area contributed by atoms with Crippen molar-refractivity contribution in [2.75, 3.05) is 18.0 Å². The molecule has 0 fully saturated rings. The summed E-state index contributed by atoms with van der Waals surface area (Å²) in [4.78, 5) is 26.8. The Bertz CT molecular complexity index is 1000. The Labute approximate surface area is 166 Å². The number of para-hydroxylation sites is 2. The molecule has 0 spiro atoms. The van der Waals surface area contributed by atoms with Crippen molar-refractivity contribution in [3.63, 3.8) is 0 Å². The number of amides is 1. The predicted molar refractivity (Wildman–Crippen MR) is 110 cm³/mol. The highest BCUT2D eigenvalue weighted by atomic mass is 32.1. The van der Waals surface area contributed by atoms with Crippen molar-refractivity contribution in [2.45, 2.75) is 12.5 Å². The first-order chi connectivity index (χ1) is 13.6. The summed E-state index contributed by atoms with van der Waals surface area (Å²) in [5.41, 5.74) is 2.38. The summed E-state index contributed by atoms with van der Waals surface area (Å²) in [5.74, 6) is -0.429. The Kier molecular flexibility index (Phi) is 5.08. The first-order valence-electron chi connectivity index (χ1n) is 9.04. The third-order valence-corrected chi connectivity index (χ3v) is 5.95. The largest absolute Gasteiger partial charge is 0.361 e. The molecular formula is C21H19N3O3S. The van der Waals surface area contributed by atoms with Crippen molar-refractivity contribution >= 4 is 28.6 Å². The normalized spacial score (nSPS) is 13.8. The lowest BCUT2D eigenvalue weighted by Crippen LogP contribution is -2.37. The second-order valence-corrected chi connectivity index (χ2v) is 7.57. The van der Waals surface area contributed by atoms with Crippen molar-refractivity contribution in [1.29, 1.82) is 0 Å². The van der Waals surface area contributed by atoms with E-state index in [4.69, 9.17) is 0 Å². The quantitative estimate of drug-likeness (QED) is 0.503. The van der Waals surface area contributed by atoms with Crippen molar-refractivity contribution in [2.24, 2.45) is 0 Å². The molecular weight excluding hydrogens is 374 g/mol. The van der Waals surface area contributed by atoms with Crippen LogP contribution in [0.15, 0.2) is 66.0 Å². The molecule has 0 radical (unpaired) electrons. The van der Waals surface area contributed by atoms with Crippen LogP contribution in [0.25, 0.3) is 0 Å². The summed E-state index contributed by atoms with van der Waals surface area (Å²) in [6.45, 7) is 1.25. The van der Waals surface area contributed by atoms with Gasteiger partial charge >= 0.3 is 0 Å². The summed E-state index contributed by atoms with van der Waals surface area (Å²) in [7, 11) is 0. The molecule has 0 saturated carbocycles. The van der Waals surface area contributed by atoms with Gasteiger partial charge in [0.05, 0.1) is 11.0 Å². The fourth-order valence-electron chi connectivity index (χ4n) is 3.64. The summed E-state index contributed by atoms with van der Waals surface area (Å²) in [6, 6.07) is 18.4. The van der Waals surface area contributed by atoms with Gasteiger partial charge in [0.2, 0.25) is 0 Å². The van der Waals surface area contributed by atoms with Crippen molar-refractivity contribution in [3.8, 4) is 0 Å². The number of nitro benzene ring substituents is 1. The molecule has 1 N–H and O–H groups in total. The lowest BCUT2D eigenvalue weighted by atomic mass is 10.1. The molecule has 0 unspecified atom stereocenters. The molecule has 1 aliphatic rings. The standard InChI is InChI=1S/C21H19N3O3S/c25-21(16-7-2-4-9-18(16)24(26)27)22-14-19(20-10-5-13-28-20)23-12-11-15-6-1-3-8-17(15)23/h1-10,13,19H,11-12,14H2,(H,22,25)/t19-/m1/s1. The molecule has 1 aromatic heterocycles. The number of hydrogen-bond acceptors (Lipinski definition) is 5. The van der Waals surface area contributed by atoms with Crippen LogP contribution >= 0.6 is 11.3 Å². The van der Waals surface area contributed by atoms with E-state index in [9.17, 15) is 14.9 Å². The molecule has 2 heterocycles. The smallest absolute Gasteiger partial charge is 0.282 e. The minimum atomic E-state index is -0.525. The molecule has 142 valence electrons. The maximum absolute atomic E-state index is 12.7. The zero-order valence-electron chi connectivity index (χ0n) is 15.1. The summed E-state index contributed by atoms with van der Waals surface area (Å²) in [5, 5.41) is 16.2. The van der Waals surface area contributed by atoms with Crippen LogP contribution in [0.4, 0.5) is 11.4 Å². The van der Waals surface area contributed by atoms with Gasteiger partial charge in [-0.1, -0.05) is 36.4 Å². The maximum atomic E-state index is 12.7. The van der Waals surface area contributed by atoms with Crippen LogP contribution in [0.2, 0.25) is 0 Å². The van der Waals surface area contributed by atoms with E-state index in [0.29, 0.717) is 6.54 Å². The first-order valence-corrected chi connectivity index (χ1v) is 9.92. The van der Waals surface area contributed by atoms with Gasteiger partial charge in [-0.15, -0.1) is 11.3 Å². The van der Waals surface area contributed by atoms with Gasteiger partial charge in [0.15, 0.2) is 0 Å². The van der Waals surface area contributed by atoms with E-state index in [0.717, 1.165) is 17.8 Å². The average Bonchev–Trinajstić information content (AvgIpc) is 3.39. The number of fused-ring (bicyclic) bond motifs is 1. The highest BCUT2D eigenvalue weighted by molar-refractivity contribution is 7.10. The second kappa shape index (κ2) is 7.82. The molecule has 4 rings (SSSR count). The molecule has 2 aromatic carbocycles. The van der Waals surface area contributed by atoms with Crippen LogP contribution in [-0.2, 0) is 6.42 Å². The van der Waals surface area contributed by atoms with Crippen LogP contribution in [0.1, 0.15) is 26.8 Å². The Morgan fingerprint density at radius 3 is 2.71 bits per heavy atom. The Morgan fingerprint density at radius 2 is 1.93 bits per heavy atom. The highest BCUT2D eigenvalue weighted by Gasteiger charge is 2.29. The number of rotatable bonds is 6. The monoisotopic (exact) mass is 393 g/mol. The number of benzene rings is 2. The molecule has 7 heteroatoms. The number of carbonyl (C=O) groups excluding carboxylic acids is 1. The maximum Gasteiger partial charge on any atom is 0.282 e. The van der Waals surface area contributed by atoms with Crippen LogP contribution < -0.4 is 10.2 Å². The molecule has 1 atom stereocenters. The van der Waals surface area contributed by atoms with Crippen LogP contribution in [0, 0.1) is 10.1 Å². The van der Waals surface area contributed by atoms with E-state index in [-0.39, 0.29) is 17.3 Å². The van der Waals surface area contributed by atoms with E-state index in [1.165, 1.54) is 23.4 Å². The lowest BCUT2D eigenvalue weighted by Gasteiger charge is -2.30. The van der Waals surface area contributed by atoms with E-state index < -0.39 is 10.8 Å². The average molecular weight is 393 g/mol. The van der Waals surface area contributed by atoms with Crippen molar-refractivity contribution < 1.29 is 9.72 Å². The third-order valence-electron chi connectivity index (χ3n) is 4.97. The van der Waals surface area contributed by atoms with E-state index in [1.54, 1.807) is 23.5 Å². The van der Waals surface area contributed by atoms with Gasteiger partial charge in [0.1, 0.15) is 5.56 Å². The van der Waals surface area contributed by atoms with Gasteiger partial charge in [0, 0.05) is 29.7 Å². The zero-order chi connectivity index (χ0) is 19.5. The van der Waals surface area contributed by atoms with Gasteiger partial charge in [-0.3, -0.25) is 14.9 Å². The summed E-state index contributed by atoms with van der Waals surface area (Å²) >= 11 is 1.65. The molecule has 0 bridgehead atoms. The third kappa shape index (κ3) is 3.48. The zero-order valence-corrected chi connectivity index (χ0v) is 15.9. The van der Waals surface area contributed by atoms with Crippen LogP contribution in [-0.4, -0.2) is 23.9 Å². The van der Waals surface area contributed by atoms with Crippen LogP contribution in [0.5, 0.6) is 0 Å². The minimum Gasteiger partial charge on any atom is -0.361 e. The number of anilines is 1. The van der Waals surface area contributed by atoms with Gasteiger partial charge < -0.3 is 10.2 Å². The number of thiophene rings is 1. The molecule has 1 aliphatic heterocycles. The molecule has 28 heavy (non-hydrogen) atoms. The number of nitrogens with one attached hydrogen (secondary N) is 1. The number of hydrogen-bond donors (Lipinski definition) is 1. The highest BCUT2D eigenvalue weighted by Crippen LogP contribution is 2.36. The first kappa shape index (κ1) is 18.2. The van der Waals surface area contributed by atoms with Gasteiger partial charge in [-0.2, -0.15) is 0 Å². The van der Waals surface area contributed by atoms with E-state index in [1.807, 2.05) is 23.6 Å². The Morgan fingerprint density at radius 1 is 1.14 bits per heavy atom. The molecule has 6 nitrogen and oxygen atoms in total. The predicted octanol–water partition coefficient (Wildman–Crippen LogP) is 4.19. The lowest BCUT2D eigenvalue weighted by molar-refractivity contribution is -0.385. The number of nitrogens with zero attached hydrogens (tertiary/aromatic N) is 2. The molecule has 3 aromatic rings. The molecule has 1 amide bonds. The SMILES string of the molecule is O=C(NC[C@H](c1cccs1)N1CCc2ccccc21)c1ccccc1[N+](=O)[O-]. The molecule has 0 aliphatic carbocycles. The van der Waals surface area contributed by atoms with Crippen molar-refractivity contribution in [1.82, 2.24) is 5.32 Å². The Balaban J connectivity index is 1.57. The minimum absolute atomic E-state index is 0.0182. The Hall–Kier alpha value is -3.19. The van der Waals surface area contributed by atoms with E-state index >= 15 is 0 Å². The summed E-state index contributed by atoms with van der Waals surface area (Å²) in [6.07, 6.45) is 0.968. The number of nitro groups is 1. The fourth-order valence-corrected chi connectivity index (χ4v) is 4.48.